The van der Waals surface area contributed by atoms with Crippen molar-refractivity contribution >= 4 is 12.0 Å². The molecule has 0 fully saturated rings. The molecular weight excluding hydrogens is 244 g/mol. The van der Waals surface area contributed by atoms with Crippen molar-refractivity contribution < 1.29 is 19.4 Å². The average molecular weight is 262 g/mol. The SMILES string of the molecule is COc1c(C)ccc2c1C=CC(C)(CCC(=O)O)O2. The van der Waals surface area contributed by atoms with Gasteiger partial charge in [-0.05, 0) is 37.6 Å². The number of aliphatic carboxylic acids is 1. The van der Waals surface area contributed by atoms with E-state index in [1.54, 1.807) is 7.11 Å². The van der Waals surface area contributed by atoms with Gasteiger partial charge in [-0.3, -0.25) is 4.79 Å². The van der Waals surface area contributed by atoms with Crippen LogP contribution in [0.1, 0.15) is 30.9 Å². The zero-order valence-corrected chi connectivity index (χ0v) is 11.4. The molecule has 0 spiro atoms. The number of carboxylic acids is 1. The predicted octanol–water partition coefficient (Wildman–Crippen LogP) is 3.03. The summed E-state index contributed by atoms with van der Waals surface area (Å²) in [6, 6.07) is 3.84. The summed E-state index contributed by atoms with van der Waals surface area (Å²) in [7, 11) is 1.63. The largest absolute Gasteiger partial charge is 0.496 e. The Morgan fingerprint density at radius 1 is 1.47 bits per heavy atom. The highest BCUT2D eigenvalue weighted by Crippen LogP contribution is 2.39. The first-order chi connectivity index (χ1) is 8.95. The quantitative estimate of drug-likeness (QED) is 0.906. The molecule has 0 saturated carbocycles. The molecule has 19 heavy (non-hydrogen) atoms. The van der Waals surface area contributed by atoms with Crippen LogP contribution in [-0.4, -0.2) is 23.8 Å². The lowest BCUT2D eigenvalue weighted by atomic mass is 9.94. The molecule has 2 rings (SSSR count). The lowest BCUT2D eigenvalue weighted by molar-refractivity contribution is -0.137. The standard InChI is InChI=1S/C15H18O4/c1-10-4-5-12-11(14(10)18-3)6-8-15(2,19-12)9-7-13(16)17/h4-6,8H,7,9H2,1-3H3,(H,16,17). The number of methoxy groups -OCH3 is 1. The van der Waals surface area contributed by atoms with Gasteiger partial charge in [-0.15, -0.1) is 0 Å². The molecule has 1 aromatic carbocycles. The topological polar surface area (TPSA) is 55.8 Å². The van der Waals surface area contributed by atoms with E-state index in [0.717, 1.165) is 22.6 Å². The molecule has 1 heterocycles. The van der Waals surface area contributed by atoms with Gasteiger partial charge in [0.2, 0.25) is 0 Å². The van der Waals surface area contributed by atoms with Crippen LogP contribution < -0.4 is 9.47 Å². The number of carboxylic acid groups (broad SMARTS) is 1. The van der Waals surface area contributed by atoms with Crippen LogP contribution in [0, 0.1) is 6.92 Å². The van der Waals surface area contributed by atoms with Crippen LogP contribution in [0.3, 0.4) is 0 Å². The highest BCUT2D eigenvalue weighted by Gasteiger charge is 2.29. The summed E-state index contributed by atoms with van der Waals surface area (Å²) in [4.78, 5) is 10.7. The second-order valence-electron chi connectivity index (χ2n) is 4.97. The third-order valence-electron chi connectivity index (χ3n) is 3.34. The van der Waals surface area contributed by atoms with E-state index in [4.69, 9.17) is 14.6 Å². The highest BCUT2D eigenvalue weighted by molar-refractivity contribution is 5.70. The maximum Gasteiger partial charge on any atom is 0.303 e. The van der Waals surface area contributed by atoms with Crippen molar-refractivity contribution in [3.63, 3.8) is 0 Å². The third-order valence-corrected chi connectivity index (χ3v) is 3.34. The van der Waals surface area contributed by atoms with Crippen molar-refractivity contribution in [3.8, 4) is 11.5 Å². The number of rotatable bonds is 4. The molecule has 1 atom stereocenters. The summed E-state index contributed by atoms with van der Waals surface area (Å²) in [6.45, 7) is 3.87. The summed E-state index contributed by atoms with van der Waals surface area (Å²) in [5.41, 5.74) is 1.38. The van der Waals surface area contributed by atoms with Gasteiger partial charge < -0.3 is 14.6 Å². The first kappa shape index (κ1) is 13.5. The van der Waals surface area contributed by atoms with Crippen molar-refractivity contribution in [1.82, 2.24) is 0 Å². The molecule has 0 amide bonds. The molecule has 4 nitrogen and oxygen atoms in total. The predicted molar refractivity (Wildman–Crippen MR) is 72.7 cm³/mol. The Morgan fingerprint density at radius 2 is 2.21 bits per heavy atom. The van der Waals surface area contributed by atoms with Crippen molar-refractivity contribution in [3.05, 3.63) is 29.3 Å². The van der Waals surface area contributed by atoms with Gasteiger partial charge in [-0.2, -0.15) is 0 Å². The Morgan fingerprint density at radius 3 is 2.84 bits per heavy atom. The minimum Gasteiger partial charge on any atom is -0.496 e. The summed E-state index contributed by atoms with van der Waals surface area (Å²) in [5.74, 6) is 0.720. The fourth-order valence-electron chi connectivity index (χ4n) is 2.24. The molecule has 0 aromatic heterocycles. The Kier molecular flexibility index (Phi) is 3.51. The van der Waals surface area contributed by atoms with Gasteiger partial charge in [-0.1, -0.05) is 6.07 Å². The maximum atomic E-state index is 10.7. The first-order valence-electron chi connectivity index (χ1n) is 6.23. The minimum atomic E-state index is -0.814. The zero-order chi connectivity index (χ0) is 14.0. The summed E-state index contributed by atoms with van der Waals surface area (Å²) >= 11 is 0. The highest BCUT2D eigenvalue weighted by atomic mass is 16.5. The fourth-order valence-corrected chi connectivity index (χ4v) is 2.24. The normalized spacial score (nSPS) is 20.6. The lowest BCUT2D eigenvalue weighted by Gasteiger charge is -2.32. The second-order valence-corrected chi connectivity index (χ2v) is 4.97. The van der Waals surface area contributed by atoms with E-state index in [1.807, 2.05) is 38.1 Å². The van der Waals surface area contributed by atoms with Gasteiger partial charge in [-0.25, -0.2) is 0 Å². The molecule has 102 valence electrons. The van der Waals surface area contributed by atoms with E-state index < -0.39 is 11.6 Å². The first-order valence-corrected chi connectivity index (χ1v) is 6.23. The molecule has 0 bridgehead atoms. The fraction of sp³-hybridized carbons (Fsp3) is 0.400. The van der Waals surface area contributed by atoms with Crippen molar-refractivity contribution in [2.45, 2.75) is 32.3 Å². The van der Waals surface area contributed by atoms with Gasteiger partial charge in [0, 0.05) is 12.8 Å². The molecule has 0 aliphatic carbocycles. The van der Waals surface area contributed by atoms with Crippen molar-refractivity contribution in [2.24, 2.45) is 0 Å². The maximum absolute atomic E-state index is 10.7. The molecule has 0 radical (unpaired) electrons. The molecule has 1 unspecified atom stereocenters. The average Bonchev–Trinajstić information content (AvgIpc) is 2.37. The lowest BCUT2D eigenvalue weighted by Crippen LogP contribution is -2.32. The molecule has 1 aliphatic rings. The smallest absolute Gasteiger partial charge is 0.303 e. The molecule has 1 aromatic rings. The van der Waals surface area contributed by atoms with E-state index >= 15 is 0 Å². The van der Waals surface area contributed by atoms with Crippen LogP contribution in [0.5, 0.6) is 11.5 Å². The monoisotopic (exact) mass is 262 g/mol. The number of hydrogen-bond acceptors (Lipinski definition) is 3. The molecular formula is C15H18O4. The van der Waals surface area contributed by atoms with Gasteiger partial charge in [0.15, 0.2) is 0 Å². The van der Waals surface area contributed by atoms with E-state index in [0.29, 0.717) is 6.42 Å². The van der Waals surface area contributed by atoms with Crippen molar-refractivity contribution in [1.29, 1.82) is 0 Å². The van der Waals surface area contributed by atoms with Gasteiger partial charge in [0.25, 0.3) is 0 Å². The van der Waals surface area contributed by atoms with E-state index in [9.17, 15) is 4.79 Å². The molecule has 1 N–H and O–H groups in total. The molecule has 1 aliphatic heterocycles. The summed E-state index contributed by atoms with van der Waals surface area (Å²) in [5, 5.41) is 8.77. The summed E-state index contributed by atoms with van der Waals surface area (Å²) in [6.07, 6.45) is 4.38. The number of carbonyl (C=O) groups is 1. The van der Waals surface area contributed by atoms with Gasteiger partial charge in [0.05, 0.1) is 12.7 Å². The van der Waals surface area contributed by atoms with Crippen LogP contribution in [-0.2, 0) is 4.79 Å². The minimum absolute atomic E-state index is 0.0825. The number of benzene rings is 1. The van der Waals surface area contributed by atoms with Crippen LogP contribution in [0.15, 0.2) is 18.2 Å². The van der Waals surface area contributed by atoms with Gasteiger partial charge >= 0.3 is 5.97 Å². The summed E-state index contributed by atoms with van der Waals surface area (Å²) < 4.78 is 11.3. The number of fused-ring (bicyclic) bond motifs is 1. The Hall–Kier alpha value is -1.97. The Bertz CT molecular complexity index is 533. The Labute approximate surface area is 112 Å². The number of hydrogen-bond donors (Lipinski definition) is 1. The van der Waals surface area contributed by atoms with Crippen LogP contribution in [0.4, 0.5) is 0 Å². The van der Waals surface area contributed by atoms with Crippen molar-refractivity contribution in [2.75, 3.05) is 7.11 Å². The zero-order valence-electron chi connectivity index (χ0n) is 11.4. The van der Waals surface area contributed by atoms with Crippen LogP contribution in [0.25, 0.3) is 6.08 Å². The molecule has 4 heteroatoms. The Balaban J connectivity index is 2.29. The van der Waals surface area contributed by atoms with E-state index in [1.165, 1.54) is 0 Å². The molecule has 0 saturated heterocycles. The third kappa shape index (κ3) is 2.72. The van der Waals surface area contributed by atoms with E-state index in [-0.39, 0.29) is 6.42 Å². The van der Waals surface area contributed by atoms with Crippen LogP contribution in [0.2, 0.25) is 0 Å². The number of ether oxygens (including phenoxy) is 2. The van der Waals surface area contributed by atoms with E-state index in [2.05, 4.69) is 0 Å². The second kappa shape index (κ2) is 4.96. The number of aryl methyl sites for hydroxylation is 1. The van der Waals surface area contributed by atoms with Crippen LogP contribution >= 0.6 is 0 Å². The van der Waals surface area contributed by atoms with Gasteiger partial charge in [0.1, 0.15) is 17.1 Å².